The van der Waals surface area contributed by atoms with E-state index in [1.807, 2.05) is 4.90 Å². The van der Waals surface area contributed by atoms with E-state index >= 15 is 0 Å². The van der Waals surface area contributed by atoms with E-state index < -0.39 is 0 Å². The molecule has 1 heterocycles. The van der Waals surface area contributed by atoms with Crippen molar-refractivity contribution in [2.75, 3.05) is 26.2 Å². The molecular weight excluding hydrogens is 200 g/mol. The minimum absolute atomic E-state index is 0.158. The Morgan fingerprint density at radius 3 is 2.25 bits per heavy atom. The molecule has 1 rings (SSSR count). The largest absolute Gasteiger partial charge is 0.336 e. The Morgan fingerprint density at radius 2 is 1.81 bits per heavy atom. The number of hydrogen-bond donors (Lipinski definition) is 0. The molecule has 1 saturated heterocycles. The lowest BCUT2D eigenvalue weighted by atomic mass is 10.1. The highest BCUT2D eigenvalue weighted by atomic mass is 16.2. The van der Waals surface area contributed by atoms with Crippen molar-refractivity contribution >= 4 is 5.91 Å². The molecule has 0 unspecified atom stereocenters. The molecule has 3 nitrogen and oxygen atoms in total. The highest BCUT2D eigenvalue weighted by Crippen LogP contribution is 2.11. The molecule has 16 heavy (non-hydrogen) atoms. The van der Waals surface area contributed by atoms with Gasteiger partial charge in [-0.25, -0.2) is 0 Å². The summed E-state index contributed by atoms with van der Waals surface area (Å²) >= 11 is 0. The molecule has 0 N–H and O–H groups in total. The summed E-state index contributed by atoms with van der Waals surface area (Å²) in [7, 11) is 0. The lowest BCUT2D eigenvalue weighted by molar-refractivity contribution is -0.129. The highest BCUT2D eigenvalue weighted by molar-refractivity contribution is 5.92. The topological polar surface area (TPSA) is 23.6 Å². The average molecular weight is 224 g/mol. The quantitative estimate of drug-likeness (QED) is 0.681. The van der Waals surface area contributed by atoms with E-state index in [4.69, 9.17) is 0 Å². The molecule has 92 valence electrons. The third-order valence-electron chi connectivity index (χ3n) is 3.19. The number of carbonyl (C=O) groups excluding carboxylic acids is 1. The summed E-state index contributed by atoms with van der Waals surface area (Å²) in [5, 5.41) is 0. The van der Waals surface area contributed by atoms with Gasteiger partial charge in [0.2, 0.25) is 5.91 Å². The number of nitrogens with zero attached hydrogens (tertiary/aromatic N) is 2. The zero-order valence-electron chi connectivity index (χ0n) is 10.8. The van der Waals surface area contributed by atoms with E-state index in [1.165, 1.54) is 0 Å². The summed E-state index contributed by atoms with van der Waals surface area (Å²) in [5.74, 6) is 0.158. The molecule has 0 saturated carbocycles. The first-order chi connectivity index (χ1) is 7.56. The Hall–Kier alpha value is -0.830. The molecular formula is C13H24N2O. The van der Waals surface area contributed by atoms with E-state index in [1.54, 1.807) is 0 Å². The summed E-state index contributed by atoms with van der Waals surface area (Å²) in [6, 6.07) is 0.580. The fourth-order valence-corrected chi connectivity index (χ4v) is 2.07. The van der Waals surface area contributed by atoms with Gasteiger partial charge in [0, 0.05) is 37.8 Å². The fourth-order valence-electron chi connectivity index (χ4n) is 2.07. The first kappa shape index (κ1) is 13.2. The van der Waals surface area contributed by atoms with Gasteiger partial charge in [-0.1, -0.05) is 19.9 Å². The van der Waals surface area contributed by atoms with Gasteiger partial charge >= 0.3 is 0 Å². The third-order valence-corrected chi connectivity index (χ3v) is 3.19. The molecule has 0 atom stereocenters. The number of piperazine rings is 1. The van der Waals surface area contributed by atoms with Crippen LogP contribution in [0.15, 0.2) is 12.2 Å². The van der Waals surface area contributed by atoms with Crippen LogP contribution in [0, 0.1) is 0 Å². The Kier molecular flexibility index (Phi) is 5.00. The summed E-state index contributed by atoms with van der Waals surface area (Å²) in [4.78, 5) is 16.3. The minimum Gasteiger partial charge on any atom is -0.336 e. The van der Waals surface area contributed by atoms with Crippen molar-refractivity contribution in [2.45, 2.75) is 39.7 Å². The fraction of sp³-hybridized carbons (Fsp3) is 0.769. The van der Waals surface area contributed by atoms with Crippen molar-refractivity contribution in [3.8, 4) is 0 Å². The maximum atomic E-state index is 12.0. The Labute approximate surface area is 99.1 Å². The maximum Gasteiger partial charge on any atom is 0.249 e. The van der Waals surface area contributed by atoms with Crippen LogP contribution < -0.4 is 0 Å². The average Bonchev–Trinajstić information content (AvgIpc) is 2.28. The second-order valence-electron chi connectivity index (χ2n) is 4.78. The van der Waals surface area contributed by atoms with Crippen molar-refractivity contribution in [2.24, 2.45) is 0 Å². The van der Waals surface area contributed by atoms with Gasteiger partial charge in [0.25, 0.3) is 0 Å². The van der Waals surface area contributed by atoms with Crippen LogP contribution in [-0.2, 0) is 4.79 Å². The highest BCUT2D eigenvalue weighted by Gasteiger charge is 2.23. The standard InChI is InChI=1S/C13H24N2O/c1-5-6-12(4)13(16)15-9-7-14(8-10-15)11(2)3/h11H,4-10H2,1-3H3. The van der Waals surface area contributed by atoms with E-state index in [0.717, 1.165) is 44.6 Å². The van der Waals surface area contributed by atoms with Gasteiger partial charge in [-0.2, -0.15) is 0 Å². The normalized spacial score (nSPS) is 17.9. The number of carbonyl (C=O) groups is 1. The van der Waals surface area contributed by atoms with Gasteiger partial charge < -0.3 is 4.90 Å². The van der Waals surface area contributed by atoms with Crippen molar-refractivity contribution in [1.29, 1.82) is 0 Å². The molecule has 0 spiro atoms. The number of rotatable bonds is 4. The van der Waals surface area contributed by atoms with Crippen molar-refractivity contribution in [3.05, 3.63) is 12.2 Å². The lowest BCUT2D eigenvalue weighted by Crippen LogP contribution is -2.50. The summed E-state index contributed by atoms with van der Waals surface area (Å²) < 4.78 is 0. The predicted octanol–water partition coefficient (Wildman–Crippen LogP) is 1.90. The van der Waals surface area contributed by atoms with Gasteiger partial charge in [-0.15, -0.1) is 0 Å². The van der Waals surface area contributed by atoms with Crippen LogP contribution in [0.1, 0.15) is 33.6 Å². The molecule has 0 aromatic rings. The van der Waals surface area contributed by atoms with Crippen molar-refractivity contribution < 1.29 is 4.79 Å². The van der Waals surface area contributed by atoms with Crippen LogP contribution in [0.2, 0.25) is 0 Å². The van der Waals surface area contributed by atoms with Crippen LogP contribution in [0.4, 0.5) is 0 Å². The second-order valence-corrected chi connectivity index (χ2v) is 4.78. The Balaban J connectivity index is 2.41. The van der Waals surface area contributed by atoms with Gasteiger partial charge in [0.05, 0.1) is 0 Å². The van der Waals surface area contributed by atoms with E-state index in [2.05, 4.69) is 32.3 Å². The molecule has 3 heteroatoms. The smallest absolute Gasteiger partial charge is 0.249 e. The molecule has 0 aromatic carbocycles. The molecule has 0 aliphatic carbocycles. The van der Waals surface area contributed by atoms with Gasteiger partial charge in [0.15, 0.2) is 0 Å². The monoisotopic (exact) mass is 224 g/mol. The maximum absolute atomic E-state index is 12.0. The van der Waals surface area contributed by atoms with Crippen LogP contribution >= 0.6 is 0 Å². The van der Waals surface area contributed by atoms with Crippen LogP contribution in [0.25, 0.3) is 0 Å². The zero-order valence-corrected chi connectivity index (χ0v) is 10.8. The summed E-state index contributed by atoms with van der Waals surface area (Å²) in [6.07, 6.45) is 1.82. The van der Waals surface area contributed by atoms with E-state index in [9.17, 15) is 4.79 Å². The summed E-state index contributed by atoms with van der Waals surface area (Å²) in [5.41, 5.74) is 0.764. The molecule has 0 bridgehead atoms. The zero-order chi connectivity index (χ0) is 12.1. The van der Waals surface area contributed by atoms with Gasteiger partial charge in [0.1, 0.15) is 0 Å². The lowest BCUT2D eigenvalue weighted by Gasteiger charge is -2.37. The molecule has 0 aromatic heterocycles. The van der Waals surface area contributed by atoms with Crippen LogP contribution in [0.5, 0.6) is 0 Å². The predicted molar refractivity (Wildman–Crippen MR) is 67.3 cm³/mol. The van der Waals surface area contributed by atoms with E-state index in [-0.39, 0.29) is 5.91 Å². The van der Waals surface area contributed by atoms with Crippen LogP contribution in [-0.4, -0.2) is 47.9 Å². The third kappa shape index (κ3) is 3.34. The molecule has 1 aliphatic heterocycles. The molecule has 1 aliphatic rings. The molecule has 1 amide bonds. The molecule has 1 fully saturated rings. The Morgan fingerprint density at radius 1 is 1.25 bits per heavy atom. The second kappa shape index (κ2) is 6.04. The number of hydrogen-bond acceptors (Lipinski definition) is 2. The van der Waals surface area contributed by atoms with Crippen molar-refractivity contribution in [1.82, 2.24) is 9.80 Å². The number of amides is 1. The summed E-state index contributed by atoms with van der Waals surface area (Å²) in [6.45, 7) is 14.0. The molecule has 0 radical (unpaired) electrons. The van der Waals surface area contributed by atoms with Crippen molar-refractivity contribution in [3.63, 3.8) is 0 Å². The Bertz CT molecular complexity index is 253. The van der Waals surface area contributed by atoms with Gasteiger partial charge in [-0.05, 0) is 20.3 Å². The first-order valence-corrected chi connectivity index (χ1v) is 6.27. The minimum atomic E-state index is 0.158. The SMILES string of the molecule is C=C(CCC)C(=O)N1CCN(C(C)C)CC1. The van der Waals surface area contributed by atoms with Gasteiger partial charge in [-0.3, -0.25) is 9.69 Å². The van der Waals surface area contributed by atoms with Crippen LogP contribution in [0.3, 0.4) is 0 Å². The van der Waals surface area contributed by atoms with E-state index in [0.29, 0.717) is 6.04 Å². The first-order valence-electron chi connectivity index (χ1n) is 6.27.